The van der Waals surface area contributed by atoms with Gasteiger partial charge in [0.2, 0.25) is 0 Å². The Balaban J connectivity index is 2.07. The number of rotatable bonds is 6. The third-order valence-corrected chi connectivity index (χ3v) is 2.99. The summed E-state index contributed by atoms with van der Waals surface area (Å²) in [5, 5.41) is 4.48. The van der Waals surface area contributed by atoms with Gasteiger partial charge in [-0.05, 0) is 41.7 Å². The van der Waals surface area contributed by atoms with Crippen LogP contribution in [0.3, 0.4) is 0 Å². The fourth-order valence-corrected chi connectivity index (χ4v) is 2.21. The van der Waals surface area contributed by atoms with E-state index in [4.69, 9.17) is 16.3 Å². The highest BCUT2D eigenvalue weighted by molar-refractivity contribution is 7.07. The summed E-state index contributed by atoms with van der Waals surface area (Å²) in [5.74, 6) is 0. The molecule has 0 aliphatic rings. The standard InChI is InChI=1S/C10H15ClOS/c1-12-7-10(11)4-2-3-9-5-6-13-8-9/h5-6,8,10H,2-4,7H2,1H3. The van der Waals surface area contributed by atoms with Gasteiger partial charge in [-0.15, -0.1) is 11.6 Å². The van der Waals surface area contributed by atoms with Crippen molar-refractivity contribution in [3.63, 3.8) is 0 Å². The molecule has 0 radical (unpaired) electrons. The maximum Gasteiger partial charge on any atom is 0.0626 e. The van der Waals surface area contributed by atoms with E-state index in [1.807, 2.05) is 0 Å². The fourth-order valence-electron chi connectivity index (χ4n) is 1.23. The van der Waals surface area contributed by atoms with Crippen LogP contribution >= 0.6 is 22.9 Å². The molecule has 13 heavy (non-hydrogen) atoms. The van der Waals surface area contributed by atoms with Crippen molar-refractivity contribution in [2.45, 2.75) is 24.6 Å². The molecule has 0 aliphatic carbocycles. The number of thiophene rings is 1. The van der Waals surface area contributed by atoms with Crippen molar-refractivity contribution in [1.29, 1.82) is 0 Å². The third kappa shape index (κ3) is 4.65. The molecule has 1 aromatic rings. The zero-order valence-corrected chi connectivity index (χ0v) is 9.40. The zero-order valence-electron chi connectivity index (χ0n) is 7.83. The first kappa shape index (κ1) is 11.0. The van der Waals surface area contributed by atoms with Gasteiger partial charge in [-0.3, -0.25) is 0 Å². The van der Waals surface area contributed by atoms with Crippen LogP contribution in [-0.4, -0.2) is 19.1 Å². The molecule has 0 aliphatic heterocycles. The largest absolute Gasteiger partial charge is 0.383 e. The molecular formula is C10H15ClOS. The summed E-state index contributed by atoms with van der Waals surface area (Å²) < 4.78 is 4.96. The van der Waals surface area contributed by atoms with Gasteiger partial charge in [0, 0.05) is 7.11 Å². The van der Waals surface area contributed by atoms with E-state index in [-0.39, 0.29) is 5.38 Å². The van der Waals surface area contributed by atoms with E-state index in [9.17, 15) is 0 Å². The van der Waals surface area contributed by atoms with Crippen LogP contribution in [-0.2, 0) is 11.2 Å². The SMILES string of the molecule is COCC(Cl)CCCc1ccsc1. The highest BCUT2D eigenvalue weighted by Crippen LogP contribution is 2.12. The Morgan fingerprint density at radius 2 is 2.46 bits per heavy atom. The van der Waals surface area contributed by atoms with Crippen molar-refractivity contribution in [1.82, 2.24) is 0 Å². The van der Waals surface area contributed by atoms with Gasteiger partial charge in [0.05, 0.1) is 12.0 Å². The second-order valence-electron chi connectivity index (χ2n) is 3.08. The summed E-state index contributed by atoms with van der Waals surface area (Å²) in [6.07, 6.45) is 3.32. The molecule has 0 saturated heterocycles. The molecule has 0 saturated carbocycles. The number of methoxy groups -OCH3 is 1. The smallest absolute Gasteiger partial charge is 0.0626 e. The molecular weight excluding hydrogens is 204 g/mol. The Labute approximate surface area is 88.7 Å². The Morgan fingerprint density at radius 1 is 1.62 bits per heavy atom. The van der Waals surface area contributed by atoms with E-state index < -0.39 is 0 Å². The lowest BCUT2D eigenvalue weighted by molar-refractivity contribution is 0.195. The average molecular weight is 219 g/mol. The Morgan fingerprint density at radius 3 is 3.08 bits per heavy atom. The van der Waals surface area contributed by atoms with Gasteiger partial charge >= 0.3 is 0 Å². The normalized spacial score (nSPS) is 13.1. The Bertz CT molecular complexity index is 211. The second kappa shape index (κ2) is 6.41. The van der Waals surface area contributed by atoms with E-state index in [1.165, 1.54) is 5.56 Å². The van der Waals surface area contributed by atoms with Crippen LogP contribution in [0.5, 0.6) is 0 Å². The molecule has 74 valence electrons. The predicted molar refractivity (Wildman–Crippen MR) is 58.8 cm³/mol. The molecule has 1 rings (SSSR count). The van der Waals surface area contributed by atoms with Gasteiger partial charge in [-0.2, -0.15) is 11.3 Å². The molecule has 1 unspecified atom stereocenters. The van der Waals surface area contributed by atoms with Gasteiger partial charge in [-0.1, -0.05) is 0 Å². The van der Waals surface area contributed by atoms with Crippen molar-refractivity contribution < 1.29 is 4.74 Å². The van der Waals surface area contributed by atoms with Crippen LogP contribution in [0, 0.1) is 0 Å². The van der Waals surface area contributed by atoms with E-state index in [1.54, 1.807) is 18.4 Å². The lowest BCUT2D eigenvalue weighted by Crippen LogP contribution is -2.07. The molecule has 3 heteroatoms. The molecule has 1 heterocycles. The molecule has 1 atom stereocenters. The molecule has 0 N–H and O–H groups in total. The van der Waals surface area contributed by atoms with Crippen LogP contribution in [0.25, 0.3) is 0 Å². The van der Waals surface area contributed by atoms with E-state index in [2.05, 4.69) is 16.8 Å². The molecule has 1 nitrogen and oxygen atoms in total. The van der Waals surface area contributed by atoms with Crippen LogP contribution in [0.2, 0.25) is 0 Å². The summed E-state index contributed by atoms with van der Waals surface area (Å²) in [7, 11) is 1.69. The lowest BCUT2D eigenvalue weighted by Gasteiger charge is -2.06. The number of hydrogen-bond donors (Lipinski definition) is 0. The minimum atomic E-state index is 0.170. The van der Waals surface area contributed by atoms with E-state index in [0.717, 1.165) is 19.3 Å². The van der Waals surface area contributed by atoms with Crippen molar-refractivity contribution >= 4 is 22.9 Å². The zero-order chi connectivity index (χ0) is 9.52. The van der Waals surface area contributed by atoms with Gasteiger partial charge in [0.1, 0.15) is 0 Å². The molecule has 0 fully saturated rings. The topological polar surface area (TPSA) is 9.23 Å². The van der Waals surface area contributed by atoms with Crippen molar-refractivity contribution in [3.8, 4) is 0 Å². The molecule has 0 aromatic carbocycles. The van der Waals surface area contributed by atoms with Crippen molar-refractivity contribution in [2.75, 3.05) is 13.7 Å². The highest BCUT2D eigenvalue weighted by atomic mass is 35.5. The van der Waals surface area contributed by atoms with Gasteiger partial charge in [-0.25, -0.2) is 0 Å². The highest BCUT2D eigenvalue weighted by Gasteiger charge is 2.03. The van der Waals surface area contributed by atoms with Crippen LogP contribution in [0.1, 0.15) is 18.4 Å². The predicted octanol–water partition coefficient (Wildman–Crippen LogP) is 3.32. The molecule has 1 aromatic heterocycles. The monoisotopic (exact) mass is 218 g/mol. The second-order valence-corrected chi connectivity index (χ2v) is 4.47. The minimum Gasteiger partial charge on any atom is -0.383 e. The number of ether oxygens (including phenoxy) is 1. The first-order chi connectivity index (χ1) is 6.33. The molecule has 0 spiro atoms. The van der Waals surface area contributed by atoms with Gasteiger partial charge in [0.25, 0.3) is 0 Å². The first-order valence-corrected chi connectivity index (χ1v) is 5.85. The van der Waals surface area contributed by atoms with Gasteiger partial charge < -0.3 is 4.74 Å². The van der Waals surface area contributed by atoms with Crippen molar-refractivity contribution in [3.05, 3.63) is 22.4 Å². The minimum absolute atomic E-state index is 0.170. The summed E-state index contributed by atoms with van der Waals surface area (Å²) in [6, 6.07) is 2.17. The third-order valence-electron chi connectivity index (χ3n) is 1.91. The number of alkyl halides is 1. The van der Waals surface area contributed by atoms with E-state index >= 15 is 0 Å². The maximum absolute atomic E-state index is 6.00. The number of hydrogen-bond acceptors (Lipinski definition) is 2. The molecule has 0 bridgehead atoms. The maximum atomic E-state index is 6.00. The number of aryl methyl sites for hydroxylation is 1. The summed E-state index contributed by atoms with van der Waals surface area (Å²) in [5.41, 5.74) is 1.42. The number of halogens is 1. The summed E-state index contributed by atoms with van der Waals surface area (Å²) in [4.78, 5) is 0. The fraction of sp³-hybridized carbons (Fsp3) is 0.600. The van der Waals surface area contributed by atoms with E-state index in [0.29, 0.717) is 6.61 Å². The van der Waals surface area contributed by atoms with Gasteiger partial charge in [0.15, 0.2) is 0 Å². The quantitative estimate of drug-likeness (QED) is 0.666. The Kier molecular flexibility index (Phi) is 5.44. The van der Waals surface area contributed by atoms with Crippen molar-refractivity contribution in [2.24, 2.45) is 0 Å². The first-order valence-electron chi connectivity index (χ1n) is 4.47. The lowest BCUT2D eigenvalue weighted by atomic mass is 10.1. The van der Waals surface area contributed by atoms with Crippen LogP contribution in [0.4, 0.5) is 0 Å². The summed E-state index contributed by atoms with van der Waals surface area (Å²) in [6.45, 7) is 0.658. The Hall–Kier alpha value is -0.0500. The summed E-state index contributed by atoms with van der Waals surface area (Å²) >= 11 is 7.75. The van der Waals surface area contributed by atoms with Crippen LogP contribution < -0.4 is 0 Å². The average Bonchev–Trinajstić information content (AvgIpc) is 2.57. The molecule has 0 amide bonds. The van der Waals surface area contributed by atoms with Crippen LogP contribution in [0.15, 0.2) is 16.8 Å².